The minimum atomic E-state index is -0.424. The van der Waals surface area contributed by atoms with Crippen LogP contribution in [0.2, 0.25) is 0 Å². The molecule has 1 atom stereocenters. The molecule has 2 rings (SSSR count). The maximum absolute atomic E-state index is 13.9. The van der Waals surface area contributed by atoms with Gasteiger partial charge in [0.2, 0.25) is 0 Å². The van der Waals surface area contributed by atoms with Crippen LogP contribution in [0.5, 0.6) is 11.5 Å². The fraction of sp³-hybridized carbons (Fsp3) is 0.357. The first-order valence-electron chi connectivity index (χ1n) is 6.24. The van der Waals surface area contributed by atoms with E-state index < -0.39 is 5.82 Å². The Hall–Kier alpha value is -1.88. The average Bonchev–Trinajstić information content (AvgIpc) is 2.80. The SMILES string of the molecule is CC(C)n1cc(Oc2ccc([C@H](C)N)cc2F)cn1. The highest BCUT2D eigenvalue weighted by Crippen LogP contribution is 2.26. The quantitative estimate of drug-likeness (QED) is 0.919. The molecule has 0 aliphatic rings. The number of hydrogen-bond acceptors (Lipinski definition) is 3. The van der Waals surface area contributed by atoms with Gasteiger partial charge in [0.1, 0.15) is 0 Å². The molecule has 0 amide bonds. The molecular weight excluding hydrogens is 245 g/mol. The second-order valence-corrected chi connectivity index (χ2v) is 4.83. The molecule has 0 spiro atoms. The molecule has 2 N–H and O–H groups in total. The molecule has 5 heteroatoms. The topological polar surface area (TPSA) is 53.1 Å². The first kappa shape index (κ1) is 13.5. The standard InChI is InChI=1S/C14H18FN3O/c1-9(2)18-8-12(7-17-18)19-14-5-4-11(10(3)16)6-13(14)15/h4-10H,16H2,1-3H3/t10-/m0/s1. The third kappa shape index (κ3) is 3.12. The second kappa shape index (κ2) is 5.40. The van der Waals surface area contributed by atoms with E-state index >= 15 is 0 Å². The summed E-state index contributed by atoms with van der Waals surface area (Å²) in [5.74, 6) is 0.265. The Bertz CT molecular complexity index is 564. The molecule has 1 aromatic carbocycles. The Labute approximate surface area is 112 Å². The van der Waals surface area contributed by atoms with Crippen molar-refractivity contribution in [2.24, 2.45) is 5.73 Å². The van der Waals surface area contributed by atoms with E-state index in [9.17, 15) is 4.39 Å². The van der Waals surface area contributed by atoms with Crippen molar-refractivity contribution in [3.63, 3.8) is 0 Å². The van der Waals surface area contributed by atoms with Crippen LogP contribution in [-0.4, -0.2) is 9.78 Å². The summed E-state index contributed by atoms with van der Waals surface area (Å²) >= 11 is 0. The lowest BCUT2D eigenvalue weighted by Gasteiger charge is -2.09. The van der Waals surface area contributed by atoms with Gasteiger partial charge in [0.05, 0.1) is 12.4 Å². The van der Waals surface area contributed by atoms with E-state index in [1.165, 1.54) is 6.07 Å². The number of ether oxygens (including phenoxy) is 1. The Kier molecular flexibility index (Phi) is 3.85. The van der Waals surface area contributed by atoms with Gasteiger partial charge >= 0.3 is 0 Å². The van der Waals surface area contributed by atoms with Gasteiger partial charge in [0.25, 0.3) is 0 Å². The van der Waals surface area contributed by atoms with Crippen molar-refractivity contribution in [1.29, 1.82) is 0 Å². The highest BCUT2D eigenvalue weighted by Gasteiger charge is 2.10. The van der Waals surface area contributed by atoms with Gasteiger partial charge in [0, 0.05) is 12.1 Å². The fourth-order valence-electron chi connectivity index (χ4n) is 1.67. The Balaban J connectivity index is 2.18. The number of rotatable bonds is 4. The van der Waals surface area contributed by atoms with Gasteiger partial charge in [-0.1, -0.05) is 6.07 Å². The average molecular weight is 263 g/mol. The summed E-state index contributed by atoms with van der Waals surface area (Å²) in [6.07, 6.45) is 3.31. The fourth-order valence-corrected chi connectivity index (χ4v) is 1.67. The predicted octanol–water partition coefficient (Wildman–Crippen LogP) is 3.42. The van der Waals surface area contributed by atoms with E-state index in [-0.39, 0.29) is 17.8 Å². The molecule has 4 nitrogen and oxygen atoms in total. The lowest BCUT2D eigenvalue weighted by molar-refractivity contribution is 0.439. The third-order valence-corrected chi connectivity index (χ3v) is 2.82. The molecule has 0 unspecified atom stereocenters. The largest absolute Gasteiger partial charge is 0.451 e. The van der Waals surface area contributed by atoms with Gasteiger partial charge in [-0.3, -0.25) is 4.68 Å². The number of nitrogens with zero attached hydrogens (tertiary/aromatic N) is 2. The summed E-state index contributed by atoms with van der Waals surface area (Å²) in [7, 11) is 0. The van der Waals surface area contributed by atoms with Gasteiger partial charge in [-0.05, 0) is 38.5 Å². The number of aromatic nitrogens is 2. The molecule has 0 fully saturated rings. The minimum Gasteiger partial charge on any atom is -0.451 e. The van der Waals surface area contributed by atoms with Crippen LogP contribution in [-0.2, 0) is 0 Å². The smallest absolute Gasteiger partial charge is 0.166 e. The van der Waals surface area contributed by atoms with Gasteiger partial charge in [0.15, 0.2) is 17.3 Å². The van der Waals surface area contributed by atoms with E-state index in [4.69, 9.17) is 10.5 Å². The van der Waals surface area contributed by atoms with Gasteiger partial charge in [-0.2, -0.15) is 5.10 Å². The lowest BCUT2D eigenvalue weighted by Crippen LogP contribution is -2.05. The Morgan fingerprint density at radius 1 is 1.32 bits per heavy atom. The van der Waals surface area contributed by atoms with Crippen molar-refractivity contribution < 1.29 is 9.13 Å². The predicted molar refractivity (Wildman–Crippen MR) is 71.7 cm³/mol. The van der Waals surface area contributed by atoms with E-state index in [2.05, 4.69) is 5.10 Å². The molecule has 0 saturated carbocycles. The monoisotopic (exact) mass is 263 g/mol. The van der Waals surface area contributed by atoms with Crippen molar-refractivity contribution >= 4 is 0 Å². The maximum Gasteiger partial charge on any atom is 0.166 e. The van der Waals surface area contributed by atoms with E-state index in [0.29, 0.717) is 5.75 Å². The zero-order valence-electron chi connectivity index (χ0n) is 11.3. The zero-order valence-corrected chi connectivity index (χ0v) is 11.3. The summed E-state index contributed by atoms with van der Waals surface area (Å²) in [5, 5.41) is 4.14. The molecule has 0 aliphatic heterocycles. The van der Waals surface area contributed by atoms with Crippen LogP contribution in [0.15, 0.2) is 30.6 Å². The van der Waals surface area contributed by atoms with Crippen molar-refractivity contribution in [3.05, 3.63) is 42.0 Å². The van der Waals surface area contributed by atoms with Gasteiger partial charge < -0.3 is 10.5 Å². The maximum atomic E-state index is 13.9. The lowest BCUT2D eigenvalue weighted by atomic mass is 10.1. The van der Waals surface area contributed by atoms with Gasteiger partial charge in [-0.25, -0.2) is 4.39 Å². The van der Waals surface area contributed by atoms with E-state index in [1.54, 1.807) is 29.2 Å². The highest BCUT2D eigenvalue weighted by molar-refractivity contribution is 5.33. The molecule has 102 valence electrons. The van der Waals surface area contributed by atoms with Crippen LogP contribution in [0.3, 0.4) is 0 Å². The molecule has 1 heterocycles. The number of nitrogens with two attached hydrogens (primary N) is 1. The Morgan fingerprint density at radius 3 is 2.58 bits per heavy atom. The van der Waals surface area contributed by atoms with Crippen LogP contribution >= 0.6 is 0 Å². The van der Waals surface area contributed by atoms with E-state index in [0.717, 1.165) is 5.56 Å². The third-order valence-electron chi connectivity index (χ3n) is 2.82. The summed E-state index contributed by atoms with van der Waals surface area (Å²) in [6.45, 7) is 5.82. The van der Waals surface area contributed by atoms with E-state index in [1.807, 2.05) is 20.8 Å². The van der Waals surface area contributed by atoms with Crippen molar-refractivity contribution in [1.82, 2.24) is 9.78 Å². The summed E-state index contributed by atoms with van der Waals surface area (Å²) in [5.41, 5.74) is 6.44. The normalized spacial score (nSPS) is 12.7. The number of benzene rings is 1. The molecule has 0 bridgehead atoms. The summed E-state index contributed by atoms with van der Waals surface area (Å²) in [6, 6.07) is 4.78. The minimum absolute atomic E-state index is 0.174. The van der Waals surface area contributed by atoms with Crippen molar-refractivity contribution in [3.8, 4) is 11.5 Å². The molecule has 0 aliphatic carbocycles. The van der Waals surface area contributed by atoms with Crippen LogP contribution < -0.4 is 10.5 Å². The molecule has 1 aromatic heterocycles. The van der Waals surface area contributed by atoms with Crippen LogP contribution in [0, 0.1) is 5.82 Å². The first-order chi connectivity index (χ1) is 8.97. The molecule has 2 aromatic rings. The molecule has 0 saturated heterocycles. The molecular formula is C14H18FN3O. The van der Waals surface area contributed by atoms with Crippen LogP contribution in [0.25, 0.3) is 0 Å². The Morgan fingerprint density at radius 2 is 2.05 bits per heavy atom. The van der Waals surface area contributed by atoms with Crippen molar-refractivity contribution in [2.75, 3.05) is 0 Å². The zero-order chi connectivity index (χ0) is 14.0. The van der Waals surface area contributed by atoms with Crippen LogP contribution in [0.1, 0.15) is 38.4 Å². The highest BCUT2D eigenvalue weighted by atomic mass is 19.1. The second-order valence-electron chi connectivity index (χ2n) is 4.83. The summed E-state index contributed by atoms with van der Waals surface area (Å²) < 4.78 is 21.1. The van der Waals surface area contributed by atoms with Crippen LogP contribution in [0.4, 0.5) is 4.39 Å². The number of halogens is 1. The number of hydrogen-bond donors (Lipinski definition) is 1. The molecule has 0 radical (unpaired) electrons. The van der Waals surface area contributed by atoms with Gasteiger partial charge in [-0.15, -0.1) is 0 Å². The first-order valence-corrected chi connectivity index (χ1v) is 6.24. The molecule has 19 heavy (non-hydrogen) atoms. The summed E-state index contributed by atoms with van der Waals surface area (Å²) in [4.78, 5) is 0. The van der Waals surface area contributed by atoms with Crippen molar-refractivity contribution in [2.45, 2.75) is 32.9 Å².